The number of hydrogen-bond acceptors (Lipinski definition) is 5. The molecule has 0 saturated heterocycles. The molecule has 210 valence electrons. The second kappa shape index (κ2) is 11.5. The third-order valence-electron chi connectivity index (χ3n) is 7.93. The van der Waals surface area contributed by atoms with Crippen molar-refractivity contribution in [2.24, 2.45) is 0 Å². The first-order valence-corrected chi connectivity index (χ1v) is 15.6. The molecule has 2 amide bonds. The van der Waals surface area contributed by atoms with Crippen LogP contribution in [0.25, 0.3) is 27.1 Å². The average Bonchev–Trinajstić information content (AvgIpc) is 3.55. The van der Waals surface area contributed by atoms with Gasteiger partial charge in [0.1, 0.15) is 11.5 Å². The largest absolute Gasteiger partial charge is 0.507 e. The second-order valence-corrected chi connectivity index (χ2v) is 12.0. The van der Waals surface area contributed by atoms with Crippen LogP contribution in [-0.4, -0.2) is 52.5 Å². The molecule has 0 aromatic heterocycles. The lowest BCUT2D eigenvalue weighted by Crippen LogP contribution is -2.30. The maximum atomic E-state index is 13.2. The molecule has 4 aromatic rings. The fraction of sp³-hybridized carbons (Fsp3) is 0.250. The molecular formula is C32H28Cl2N2O4S. The highest BCUT2D eigenvalue weighted by atomic mass is 35.5. The number of phenolic OH excluding ortho intramolecular Hbond substituents is 2. The van der Waals surface area contributed by atoms with Gasteiger partial charge in [-0.1, -0.05) is 60.1 Å². The standard InChI is InChI=1S/C32H28Cl2N2O4S/c33-15-19-17-35(25-13-27(37)21-5-1-3-7-23(21)31(19)25)29(39)9-11-41-12-10-30(40)36-18-20(16-34)32-24-8-4-2-6-22(24)28(38)14-26(32)36/h1-8,13-15,20,37-38H,9-12,16-18H2/b19-15-/t20-/m1/s1. The van der Waals surface area contributed by atoms with E-state index in [1.54, 1.807) is 33.7 Å². The van der Waals surface area contributed by atoms with Gasteiger partial charge in [0, 0.05) is 76.7 Å². The lowest BCUT2D eigenvalue weighted by molar-refractivity contribution is -0.118. The Kier molecular flexibility index (Phi) is 7.77. The van der Waals surface area contributed by atoms with E-state index in [-0.39, 0.29) is 29.2 Å². The van der Waals surface area contributed by atoms with Crippen molar-refractivity contribution in [3.05, 3.63) is 77.3 Å². The molecule has 2 aliphatic heterocycles. The molecule has 0 fully saturated rings. The smallest absolute Gasteiger partial charge is 0.228 e. The number of hydrogen-bond donors (Lipinski definition) is 2. The van der Waals surface area contributed by atoms with Gasteiger partial charge in [-0.15, -0.1) is 11.6 Å². The van der Waals surface area contributed by atoms with Crippen molar-refractivity contribution in [3.63, 3.8) is 0 Å². The monoisotopic (exact) mass is 606 g/mol. The van der Waals surface area contributed by atoms with Crippen LogP contribution in [0.3, 0.4) is 0 Å². The van der Waals surface area contributed by atoms with Gasteiger partial charge in [0.25, 0.3) is 0 Å². The maximum Gasteiger partial charge on any atom is 0.228 e. The van der Waals surface area contributed by atoms with Crippen LogP contribution in [0.5, 0.6) is 11.5 Å². The number of benzene rings is 4. The zero-order chi connectivity index (χ0) is 28.7. The Morgan fingerprint density at radius 3 is 2.05 bits per heavy atom. The highest BCUT2D eigenvalue weighted by Gasteiger charge is 2.34. The van der Waals surface area contributed by atoms with E-state index < -0.39 is 0 Å². The number of rotatable bonds is 7. The van der Waals surface area contributed by atoms with Gasteiger partial charge in [-0.2, -0.15) is 11.8 Å². The van der Waals surface area contributed by atoms with Crippen LogP contribution < -0.4 is 9.80 Å². The average molecular weight is 608 g/mol. The van der Waals surface area contributed by atoms with E-state index in [0.29, 0.717) is 49.0 Å². The number of phenols is 2. The van der Waals surface area contributed by atoms with Crippen LogP contribution >= 0.6 is 35.0 Å². The molecule has 6 nitrogen and oxygen atoms in total. The predicted molar refractivity (Wildman–Crippen MR) is 170 cm³/mol. The van der Waals surface area contributed by atoms with Gasteiger partial charge >= 0.3 is 0 Å². The summed E-state index contributed by atoms with van der Waals surface area (Å²) in [5.41, 5.74) is 5.61. The lowest BCUT2D eigenvalue weighted by Gasteiger charge is -2.19. The summed E-state index contributed by atoms with van der Waals surface area (Å²) in [5.74, 6) is 1.70. The molecule has 2 heterocycles. The molecule has 0 bridgehead atoms. The molecule has 0 unspecified atom stereocenters. The van der Waals surface area contributed by atoms with Crippen LogP contribution in [-0.2, 0) is 9.59 Å². The summed E-state index contributed by atoms with van der Waals surface area (Å²) >= 11 is 14.0. The lowest BCUT2D eigenvalue weighted by atomic mass is 9.95. The van der Waals surface area contributed by atoms with Crippen molar-refractivity contribution in [1.29, 1.82) is 0 Å². The van der Waals surface area contributed by atoms with Crippen LogP contribution in [0.1, 0.15) is 29.9 Å². The quantitative estimate of drug-likeness (QED) is 0.171. The van der Waals surface area contributed by atoms with E-state index >= 15 is 0 Å². The van der Waals surface area contributed by atoms with Crippen molar-refractivity contribution in [2.45, 2.75) is 18.8 Å². The van der Waals surface area contributed by atoms with Gasteiger partial charge in [-0.3, -0.25) is 9.59 Å². The minimum absolute atomic E-state index is 0.00165. The van der Waals surface area contributed by atoms with Crippen molar-refractivity contribution in [3.8, 4) is 11.5 Å². The number of nitrogens with zero attached hydrogens (tertiary/aromatic N) is 2. The number of carbonyl (C=O) groups is 2. The first-order chi connectivity index (χ1) is 19.9. The summed E-state index contributed by atoms with van der Waals surface area (Å²) < 4.78 is 0. The van der Waals surface area contributed by atoms with E-state index in [1.165, 1.54) is 5.54 Å². The van der Waals surface area contributed by atoms with Gasteiger partial charge < -0.3 is 20.0 Å². The summed E-state index contributed by atoms with van der Waals surface area (Å²) in [6.45, 7) is 0.840. The van der Waals surface area contributed by atoms with E-state index in [1.807, 2.05) is 48.5 Å². The van der Waals surface area contributed by atoms with E-state index in [9.17, 15) is 19.8 Å². The first-order valence-electron chi connectivity index (χ1n) is 13.5. The Balaban J connectivity index is 1.08. The molecule has 1 atom stereocenters. The number of anilines is 2. The van der Waals surface area contributed by atoms with E-state index in [2.05, 4.69) is 0 Å². The minimum Gasteiger partial charge on any atom is -0.507 e. The highest BCUT2D eigenvalue weighted by Crippen LogP contribution is 2.46. The fourth-order valence-corrected chi connectivity index (χ4v) is 7.29. The number of fused-ring (bicyclic) bond motifs is 6. The molecule has 2 aliphatic rings. The molecule has 9 heteroatoms. The zero-order valence-corrected chi connectivity index (χ0v) is 24.5. The van der Waals surface area contributed by atoms with Gasteiger partial charge in [0.05, 0.1) is 17.9 Å². The molecule has 0 aliphatic carbocycles. The van der Waals surface area contributed by atoms with Crippen LogP contribution in [0, 0.1) is 0 Å². The Hall–Kier alpha value is -3.39. The number of halogens is 2. The Bertz CT molecular complexity index is 1720. The van der Waals surface area contributed by atoms with Gasteiger partial charge in [0.2, 0.25) is 11.8 Å². The minimum atomic E-state index is -0.0611. The van der Waals surface area contributed by atoms with E-state index in [4.69, 9.17) is 23.2 Å². The van der Waals surface area contributed by atoms with E-state index in [0.717, 1.165) is 43.9 Å². The van der Waals surface area contributed by atoms with Gasteiger partial charge in [-0.05, 0) is 21.9 Å². The summed E-state index contributed by atoms with van der Waals surface area (Å²) in [5, 5.41) is 24.5. The summed E-state index contributed by atoms with van der Waals surface area (Å²) in [6.07, 6.45) is 0.606. The number of amides is 2. The fourth-order valence-electron chi connectivity index (χ4n) is 6.02. The van der Waals surface area contributed by atoms with Gasteiger partial charge in [0.15, 0.2) is 0 Å². The molecule has 4 aromatic carbocycles. The maximum absolute atomic E-state index is 13.2. The number of carbonyl (C=O) groups excluding carboxylic acids is 2. The van der Waals surface area contributed by atoms with Crippen molar-refractivity contribution < 1.29 is 19.8 Å². The normalized spacial score (nSPS) is 17.0. The second-order valence-electron chi connectivity index (χ2n) is 10.3. The van der Waals surface area contributed by atoms with Crippen LogP contribution in [0.4, 0.5) is 11.4 Å². The van der Waals surface area contributed by atoms with Gasteiger partial charge in [-0.25, -0.2) is 0 Å². The third kappa shape index (κ3) is 4.90. The molecule has 0 radical (unpaired) electrons. The summed E-state index contributed by atoms with van der Waals surface area (Å²) in [4.78, 5) is 29.9. The summed E-state index contributed by atoms with van der Waals surface area (Å²) in [7, 11) is 0. The Morgan fingerprint density at radius 2 is 1.41 bits per heavy atom. The Morgan fingerprint density at radius 1 is 0.854 bits per heavy atom. The van der Waals surface area contributed by atoms with Crippen molar-refractivity contribution >= 4 is 85.3 Å². The number of aromatic hydroxyl groups is 2. The third-order valence-corrected chi connectivity index (χ3v) is 9.55. The van der Waals surface area contributed by atoms with Crippen molar-refractivity contribution in [2.75, 3.05) is 40.3 Å². The first kappa shape index (κ1) is 27.8. The topological polar surface area (TPSA) is 81.1 Å². The number of thioether (sulfide) groups is 1. The summed E-state index contributed by atoms with van der Waals surface area (Å²) in [6, 6.07) is 18.5. The highest BCUT2D eigenvalue weighted by molar-refractivity contribution is 7.99. The molecule has 6 rings (SSSR count). The van der Waals surface area contributed by atoms with Crippen LogP contribution in [0.2, 0.25) is 0 Å². The molecule has 2 N–H and O–H groups in total. The number of alkyl halides is 1. The predicted octanol–water partition coefficient (Wildman–Crippen LogP) is 7.21. The molecule has 0 saturated carbocycles. The van der Waals surface area contributed by atoms with Crippen LogP contribution in [0.15, 0.2) is 66.2 Å². The SMILES string of the molecule is O=C(CCSCCC(=O)N1C[C@@H](CCl)c2c1cc(O)c1ccccc21)N1C/C(=C/Cl)c2c1cc(O)c1ccccc21. The van der Waals surface area contributed by atoms with Crippen molar-refractivity contribution in [1.82, 2.24) is 0 Å². The molecule has 0 spiro atoms. The Labute approximate surface area is 252 Å². The zero-order valence-electron chi connectivity index (χ0n) is 22.1. The molecule has 41 heavy (non-hydrogen) atoms. The molecular weight excluding hydrogens is 579 g/mol.